The van der Waals surface area contributed by atoms with Gasteiger partial charge in [-0.2, -0.15) is 0 Å². The minimum atomic E-state index is -0.534. The maximum atomic E-state index is 13.1. The zero-order valence-electron chi connectivity index (χ0n) is 6.93. The van der Waals surface area contributed by atoms with Crippen molar-refractivity contribution in [1.29, 1.82) is 0 Å². The van der Waals surface area contributed by atoms with Gasteiger partial charge in [0, 0.05) is 17.5 Å². The van der Waals surface area contributed by atoms with Crippen LogP contribution in [0.2, 0.25) is 0 Å². The van der Waals surface area contributed by atoms with Gasteiger partial charge in [0.15, 0.2) is 0 Å². The summed E-state index contributed by atoms with van der Waals surface area (Å²) in [4.78, 5) is 0. The van der Waals surface area contributed by atoms with Crippen LogP contribution in [0.1, 0.15) is 18.0 Å². The topological polar surface area (TPSA) is 26.0 Å². The first-order chi connectivity index (χ1) is 6.15. The number of rotatable bonds is 3. The Labute approximate surface area is 80.5 Å². The molecule has 0 radical (unpaired) electrons. The third-order valence-electron chi connectivity index (χ3n) is 1.78. The zero-order valence-corrected chi connectivity index (χ0v) is 7.69. The molecule has 0 amide bonds. The molecule has 0 aliphatic heterocycles. The van der Waals surface area contributed by atoms with Crippen LogP contribution >= 0.6 is 11.6 Å². The number of halogens is 3. The summed E-state index contributed by atoms with van der Waals surface area (Å²) in [6, 6.07) is 2.70. The van der Waals surface area contributed by atoms with E-state index in [4.69, 9.17) is 17.3 Å². The van der Waals surface area contributed by atoms with Crippen molar-refractivity contribution in [3.05, 3.63) is 35.4 Å². The van der Waals surface area contributed by atoms with Gasteiger partial charge in [-0.05, 0) is 24.6 Å². The molecule has 1 aromatic rings. The summed E-state index contributed by atoms with van der Waals surface area (Å²) in [5, 5.41) is 0. The van der Waals surface area contributed by atoms with Gasteiger partial charge in [0.1, 0.15) is 11.6 Å². The minimum absolute atomic E-state index is 0.181. The molecular formula is C9H10ClF2N. The molecule has 0 aliphatic carbocycles. The van der Waals surface area contributed by atoms with Crippen molar-refractivity contribution < 1.29 is 8.78 Å². The Morgan fingerprint density at radius 2 is 2.08 bits per heavy atom. The van der Waals surface area contributed by atoms with Crippen LogP contribution in [0, 0.1) is 11.6 Å². The number of alkyl halides is 1. The lowest BCUT2D eigenvalue weighted by Crippen LogP contribution is -2.12. The normalized spacial score (nSPS) is 12.9. The Balaban J connectivity index is 2.91. The van der Waals surface area contributed by atoms with Gasteiger partial charge < -0.3 is 5.73 Å². The Bertz CT molecular complexity index is 291. The molecule has 1 atom stereocenters. The second kappa shape index (κ2) is 4.53. The van der Waals surface area contributed by atoms with E-state index in [1.807, 2.05) is 0 Å². The molecule has 0 saturated heterocycles. The van der Waals surface area contributed by atoms with Crippen LogP contribution in [-0.4, -0.2) is 5.88 Å². The van der Waals surface area contributed by atoms with Crippen LogP contribution in [0.15, 0.2) is 18.2 Å². The van der Waals surface area contributed by atoms with Gasteiger partial charge in [0.25, 0.3) is 0 Å². The fourth-order valence-corrected chi connectivity index (χ4v) is 1.31. The maximum Gasteiger partial charge on any atom is 0.128 e. The lowest BCUT2D eigenvalue weighted by atomic mass is 10.0. The Morgan fingerprint density at radius 3 is 2.69 bits per heavy atom. The highest BCUT2D eigenvalue weighted by Crippen LogP contribution is 2.19. The number of benzene rings is 1. The van der Waals surface area contributed by atoms with Crippen LogP contribution in [0.4, 0.5) is 8.78 Å². The van der Waals surface area contributed by atoms with Gasteiger partial charge >= 0.3 is 0 Å². The summed E-state index contributed by atoms with van der Waals surface area (Å²) in [5.41, 5.74) is 5.77. The summed E-state index contributed by atoms with van der Waals surface area (Å²) in [5.74, 6) is -0.641. The molecule has 0 spiro atoms. The molecule has 1 nitrogen and oxygen atoms in total. The van der Waals surface area contributed by atoms with Crippen molar-refractivity contribution in [1.82, 2.24) is 0 Å². The fourth-order valence-electron chi connectivity index (χ4n) is 1.07. The SMILES string of the molecule is NC(CCCl)c1cc(F)ccc1F. The molecule has 0 aromatic heterocycles. The molecule has 0 heterocycles. The average Bonchev–Trinajstić information content (AvgIpc) is 2.09. The van der Waals surface area contributed by atoms with Gasteiger partial charge in [-0.3, -0.25) is 0 Å². The largest absolute Gasteiger partial charge is 0.324 e. The minimum Gasteiger partial charge on any atom is -0.324 e. The molecule has 0 fully saturated rings. The molecule has 1 rings (SSSR count). The average molecular weight is 206 g/mol. The van der Waals surface area contributed by atoms with Crippen LogP contribution in [0.5, 0.6) is 0 Å². The third-order valence-corrected chi connectivity index (χ3v) is 2.00. The van der Waals surface area contributed by atoms with E-state index in [2.05, 4.69) is 0 Å². The lowest BCUT2D eigenvalue weighted by Gasteiger charge is -2.10. The monoisotopic (exact) mass is 205 g/mol. The van der Waals surface area contributed by atoms with Crippen LogP contribution in [0.3, 0.4) is 0 Å². The van der Waals surface area contributed by atoms with Crippen molar-refractivity contribution in [3.63, 3.8) is 0 Å². The maximum absolute atomic E-state index is 13.1. The Kier molecular flexibility index (Phi) is 3.63. The van der Waals surface area contributed by atoms with Crippen molar-refractivity contribution in [2.24, 2.45) is 5.73 Å². The first kappa shape index (κ1) is 10.4. The van der Waals surface area contributed by atoms with Crippen LogP contribution < -0.4 is 5.73 Å². The van der Waals surface area contributed by atoms with Gasteiger partial charge in [-0.15, -0.1) is 11.6 Å². The summed E-state index contributed by atoms with van der Waals surface area (Å²) in [6.45, 7) is 0. The number of hydrogen-bond donors (Lipinski definition) is 1. The zero-order chi connectivity index (χ0) is 9.84. The van der Waals surface area contributed by atoms with Crippen molar-refractivity contribution >= 4 is 11.6 Å². The predicted octanol–water partition coefficient (Wildman–Crippen LogP) is 2.59. The summed E-state index contributed by atoms with van der Waals surface area (Å²) >= 11 is 5.44. The van der Waals surface area contributed by atoms with E-state index in [9.17, 15) is 8.78 Å². The van der Waals surface area contributed by atoms with Crippen LogP contribution in [0.25, 0.3) is 0 Å². The van der Waals surface area contributed by atoms with E-state index in [1.54, 1.807) is 0 Å². The van der Waals surface area contributed by atoms with Gasteiger partial charge in [0.05, 0.1) is 0 Å². The Hall–Kier alpha value is -0.670. The predicted molar refractivity (Wildman–Crippen MR) is 48.6 cm³/mol. The molecule has 1 aromatic carbocycles. The molecule has 0 aliphatic rings. The second-order valence-corrected chi connectivity index (χ2v) is 3.13. The van der Waals surface area contributed by atoms with Crippen molar-refractivity contribution in [2.45, 2.75) is 12.5 Å². The molecule has 0 bridgehead atoms. The molecule has 1 unspecified atom stereocenters. The van der Waals surface area contributed by atoms with Crippen molar-refractivity contribution in [3.8, 4) is 0 Å². The molecule has 0 saturated carbocycles. The first-order valence-electron chi connectivity index (χ1n) is 3.91. The smallest absolute Gasteiger partial charge is 0.128 e. The second-order valence-electron chi connectivity index (χ2n) is 2.75. The molecular weight excluding hydrogens is 196 g/mol. The molecule has 4 heteroatoms. The quantitative estimate of drug-likeness (QED) is 0.755. The first-order valence-corrected chi connectivity index (χ1v) is 4.45. The van der Waals surface area contributed by atoms with E-state index in [0.29, 0.717) is 12.3 Å². The van der Waals surface area contributed by atoms with Crippen molar-refractivity contribution in [2.75, 3.05) is 5.88 Å². The lowest BCUT2D eigenvalue weighted by molar-refractivity contribution is 0.558. The number of hydrogen-bond acceptors (Lipinski definition) is 1. The molecule has 72 valence electrons. The van der Waals surface area contributed by atoms with E-state index in [0.717, 1.165) is 18.2 Å². The van der Waals surface area contributed by atoms with E-state index in [1.165, 1.54) is 0 Å². The Morgan fingerprint density at radius 1 is 1.38 bits per heavy atom. The number of nitrogens with two attached hydrogens (primary N) is 1. The third kappa shape index (κ3) is 2.64. The highest BCUT2D eigenvalue weighted by molar-refractivity contribution is 6.17. The molecule has 2 N–H and O–H groups in total. The van der Waals surface area contributed by atoms with Gasteiger partial charge in [-0.25, -0.2) is 8.78 Å². The standard InChI is InChI=1S/C9H10ClF2N/c10-4-3-9(13)7-5-6(11)1-2-8(7)12/h1-2,5,9H,3-4,13H2. The molecule has 13 heavy (non-hydrogen) atoms. The van der Waals surface area contributed by atoms with Crippen LogP contribution in [-0.2, 0) is 0 Å². The summed E-state index contributed by atoms with van der Waals surface area (Å²) in [7, 11) is 0. The van der Waals surface area contributed by atoms with E-state index in [-0.39, 0.29) is 5.56 Å². The highest BCUT2D eigenvalue weighted by Gasteiger charge is 2.11. The van der Waals surface area contributed by atoms with E-state index >= 15 is 0 Å². The van der Waals surface area contributed by atoms with E-state index < -0.39 is 17.7 Å². The highest BCUT2D eigenvalue weighted by atomic mass is 35.5. The van der Waals surface area contributed by atoms with Gasteiger partial charge in [-0.1, -0.05) is 0 Å². The summed E-state index contributed by atoms with van der Waals surface area (Å²) in [6.07, 6.45) is 0.432. The van der Waals surface area contributed by atoms with Gasteiger partial charge in [0.2, 0.25) is 0 Å². The summed E-state index contributed by atoms with van der Waals surface area (Å²) < 4.78 is 25.7. The fraction of sp³-hybridized carbons (Fsp3) is 0.333.